The SMILES string of the molecule is CN(C(=Nc1ccccc1)C(=O)c1ccc(Cl)cc1)S(C)(=O)=O. The highest BCUT2D eigenvalue weighted by atomic mass is 35.5. The fraction of sp³-hybridized carbons (Fsp3) is 0.125. The Balaban J connectivity index is 2.51. The van der Waals surface area contributed by atoms with E-state index in [0.29, 0.717) is 16.3 Å². The molecule has 0 aliphatic rings. The van der Waals surface area contributed by atoms with Gasteiger partial charge in [0.15, 0.2) is 5.84 Å². The van der Waals surface area contributed by atoms with Crippen molar-refractivity contribution in [3.8, 4) is 0 Å². The van der Waals surface area contributed by atoms with Crippen LogP contribution in [0.5, 0.6) is 0 Å². The minimum Gasteiger partial charge on any atom is -0.285 e. The van der Waals surface area contributed by atoms with Crippen LogP contribution in [0.15, 0.2) is 59.6 Å². The molecule has 0 aliphatic carbocycles. The van der Waals surface area contributed by atoms with Gasteiger partial charge in [-0.25, -0.2) is 13.4 Å². The Labute approximate surface area is 140 Å². The fourth-order valence-electron chi connectivity index (χ4n) is 1.78. The van der Waals surface area contributed by atoms with Crippen LogP contribution < -0.4 is 0 Å². The average Bonchev–Trinajstić information content (AvgIpc) is 2.52. The van der Waals surface area contributed by atoms with Gasteiger partial charge < -0.3 is 0 Å². The van der Waals surface area contributed by atoms with Crippen molar-refractivity contribution in [1.82, 2.24) is 4.31 Å². The molecule has 0 atom stereocenters. The summed E-state index contributed by atoms with van der Waals surface area (Å²) in [6, 6.07) is 14.9. The topological polar surface area (TPSA) is 66.8 Å². The molecule has 0 N–H and O–H groups in total. The number of carbonyl (C=O) groups is 1. The molecule has 0 fully saturated rings. The molecule has 2 rings (SSSR count). The van der Waals surface area contributed by atoms with E-state index in [1.54, 1.807) is 42.5 Å². The monoisotopic (exact) mass is 350 g/mol. The van der Waals surface area contributed by atoms with Gasteiger partial charge in [-0.2, -0.15) is 0 Å². The van der Waals surface area contributed by atoms with E-state index in [1.807, 2.05) is 0 Å². The van der Waals surface area contributed by atoms with Gasteiger partial charge >= 0.3 is 0 Å². The summed E-state index contributed by atoms with van der Waals surface area (Å²) in [5.41, 5.74) is 0.792. The first kappa shape index (κ1) is 17.2. The third kappa shape index (κ3) is 4.40. The van der Waals surface area contributed by atoms with Gasteiger partial charge in [-0.1, -0.05) is 29.8 Å². The lowest BCUT2D eigenvalue weighted by Gasteiger charge is -2.18. The molecule has 5 nitrogen and oxygen atoms in total. The van der Waals surface area contributed by atoms with Crippen LogP contribution >= 0.6 is 11.6 Å². The third-order valence-electron chi connectivity index (χ3n) is 3.10. The number of hydrogen-bond donors (Lipinski definition) is 0. The summed E-state index contributed by atoms with van der Waals surface area (Å²) in [6.07, 6.45) is 1.02. The molecule has 0 bridgehead atoms. The lowest BCUT2D eigenvalue weighted by atomic mass is 10.1. The molecule has 0 amide bonds. The van der Waals surface area contributed by atoms with E-state index in [9.17, 15) is 13.2 Å². The maximum Gasteiger partial charge on any atom is 0.233 e. The molecule has 0 aromatic heterocycles. The Morgan fingerprint density at radius 2 is 1.61 bits per heavy atom. The maximum absolute atomic E-state index is 12.7. The van der Waals surface area contributed by atoms with Crippen molar-refractivity contribution >= 4 is 38.9 Å². The minimum absolute atomic E-state index is 0.180. The highest BCUT2D eigenvalue weighted by molar-refractivity contribution is 7.89. The lowest BCUT2D eigenvalue weighted by Crippen LogP contribution is -2.37. The molecule has 0 saturated heterocycles. The van der Waals surface area contributed by atoms with Crippen LogP contribution in [-0.4, -0.2) is 37.6 Å². The zero-order chi connectivity index (χ0) is 17.0. The number of amidine groups is 1. The highest BCUT2D eigenvalue weighted by Gasteiger charge is 2.24. The molecule has 23 heavy (non-hydrogen) atoms. The summed E-state index contributed by atoms with van der Waals surface area (Å²) in [5.74, 6) is -0.681. The minimum atomic E-state index is -3.63. The summed E-state index contributed by atoms with van der Waals surface area (Å²) < 4.78 is 24.5. The van der Waals surface area contributed by atoms with Crippen LogP contribution in [0.25, 0.3) is 0 Å². The van der Waals surface area contributed by atoms with E-state index in [0.717, 1.165) is 10.6 Å². The predicted octanol–water partition coefficient (Wildman–Crippen LogP) is 3.14. The van der Waals surface area contributed by atoms with E-state index < -0.39 is 15.8 Å². The van der Waals surface area contributed by atoms with E-state index in [2.05, 4.69) is 4.99 Å². The molecule has 0 spiro atoms. The van der Waals surface area contributed by atoms with Crippen LogP contribution in [0.4, 0.5) is 5.69 Å². The summed E-state index contributed by atoms with van der Waals surface area (Å²) in [6.45, 7) is 0. The van der Waals surface area contributed by atoms with Gasteiger partial charge in [0.1, 0.15) is 0 Å². The quantitative estimate of drug-likeness (QED) is 0.483. The van der Waals surface area contributed by atoms with Crippen molar-refractivity contribution in [2.24, 2.45) is 4.99 Å². The van der Waals surface area contributed by atoms with Crippen LogP contribution in [0.3, 0.4) is 0 Å². The zero-order valence-electron chi connectivity index (χ0n) is 12.6. The van der Waals surface area contributed by atoms with Gasteiger partial charge in [-0.05, 0) is 36.4 Å². The average molecular weight is 351 g/mol. The number of rotatable bonds is 4. The number of carbonyl (C=O) groups excluding carboxylic acids is 1. The van der Waals surface area contributed by atoms with E-state index in [4.69, 9.17) is 11.6 Å². The number of ketones is 1. The summed E-state index contributed by atoms with van der Waals surface area (Å²) in [4.78, 5) is 16.9. The van der Waals surface area contributed by atoms with Gasteiger partial charge in [0.25, 0.3) is 0 Å². The van der Waals surface area contributed by atoms with E-state index >= 15 is 0 Å². The Kier molecular flexibility index (Phi) is 5.18. The van der Waals surface area contributed by atoms with Gasteiger partial charge in [0.2, 0.25) is 15.8 Å². The Bertz CT molecular complexity index is 831. The highest BCUT2D eigenvalue weighted by Crippen LogP contribution is 2.16. The molecule has 7 heteroatoms. The molecule has 120 valence electrons. The number of halogens is 1. The van der Waals surface area contributed by atoms with Crippen LogP contribution in [0.1, 0.15) is 10.4 Å². The van der Waals surface area contributed by atoms with E-state index in [-0.39, 0.29) is 5.84 Å². The summed E-state index contributed by atoms with van der Waals surface area (Å²) >= 11 is 5.81. The number of nitrogens with zero attached hydrogens (tertiary/aromatic N) is 2. The number of aliphatic imine (C=N–C) groups is 1. The number of benzene rings is 2. The molecular formula is C16H15ClN2O3S. The molecular weight excluding hydrogens is 336 g/mol. The summed E-state index contributed by atoms with van der Waals surface area (Å²) in [7, 11) is -2.33. The number of para-hydroxylation sites is 1. The normalized spacial score (nSPS) is 12.0. The standard InChI is InChI=1S/C16H15ClN2O3S/c1-19(23(2,21)22)16(18-14-6-4-3-5-7-14)15(20)12-8-10-13(17)11-9-12/h3-11H,1-2H3. The molecule has 0 unspecified atom stereocenters. The second-order valence-corrected chi connectivity index (χ2v) is 7.29. The zero-order valence-corrected chi connectivity index (χ0v) is 14.2. The van der Waals surface area contributed by atoms with Crippen molar-refractivity contribution in [1.29, 1.82) is 0 Å². The van der Waals surface area contributed by atoms with Gasteiger partial charge in [0.05, 0.1) is 11.9 Å². The van der Waals surface area contributed by atoms with Crippen LogP contribution in [0.2, 0.25) is 5.02 Å². The number of sulfonamides is 1. The number of Topliss-reactive ketones (excluding diaryl/α,β-unsaturated/α-hetero) is 1. The van der Waals surface area contributed by atoms with Crippen molar-refractivity contribution in [2.45, 2.75) is 0 Å². The first-order chi connectivity index (χ1) is 10.8. The van der Waals surface area contributed by atoms with Gasteiger partial charge in [-0.3, -0.25) is 9.10 Å². The molecule has 0 heterocycles. The van der Waals surface area contributed by atoms with Crippen molar-refractivity contribution in [3.63, 3.8) is 0 Å². The van der Waals surface area contributed by atoms with E-state index in [1.165, 1.54) is 19.2 Å². The second-order valence-electron chi connectivity index (χ2n) is 4.84. The summed E-state index contributed by atoms with van der Waals surface area (Å²) in [5, 5.41) is 0.486. The first-order valence-electron chi connectivity index (χ1n) is 6.67. The Morgan fingerprint density at radius 3 is 2.13 bits per heavy atom. The fourth-order valence-corrected chi connectivity index (χ4v) is 2.34. The first-order valence-corrected chi connectivity index (χ1v) is 8.89. The van der Waals surface area contributed by atoms with Crippen LogP contribution in [-0.2, 0) is 10.0 Å². The largest absolute Gasteiger partial charge is 0.285 e. The molecule has 0 saturated carbocycles. The molecule has 0 aliphatic heterocycles. The molecule has 2 aromatic rings. The van der Waals surface area contributed by atoms with Gasteiger partial charge in [0, 0.05) is 17.6 Å². The van der Waals surface area contributed by atoms with Crippen LogP contribution in [0, 0.1) is 0 Å². The Hall–Kier alpha value is -2.18. The number of hydrogen-bond acceptors (Lipinski definition) is 4. The van der Waals surface area contributed by atoms with Crippen molar-refractivity contribution < 1.29 is 13.2 Å². The van der Waals surface area contributed by atoms with Crippen molar-refractivity contribution in [2.75, 3.05) is 13.3 Å². The smallest absolute Gasteiger partial charge is 0.233 e. The number of likely N-dealkylation sites (N-methyl/N-ethyl adjacent to an activating group) is 1. The Morgan fingerprint density at radius 1 is 1.04 bits per heavy atom. The second kappa shape index (κ2) is 6.93. The van der Waals surface area contributed by atoms with Gasteiger partial charge in [-0.15, -0.1) is 0 Å². The van der Waals surface area contributed by atoms with Crippen molar-refractivity contribution in [3.05, 3.63) is 65.2 Å². The molecule has 2 aromatic carbocycles. The predicted molar refractivity (Wildman–Crippen MR) is 91.9 cm³/mol. The third-order valence-corrected chi connectivity index (χ3v) is 4.52. The molecule has 0 radical (unpaired) electrons. The maximum atomic E-state index is 12.7. The lowest BCUT2D eigenvalue weighted by molar-refractivity contribution is 0.105.